The van der Waals surface area contributed by atoms with Gasteiger partial charge in [0.05, 0.1) is 11.9 Å². The SMILES string of the molecule is CC(C)Cc1nn2cc(CCN)nc2s1. The Morgan fingerprint density at radius 1 is 1.53 bits per heavy atom. The van der Waals surface area contributed by atoms with E-state index in [-0.39, 0.29) is 0 Å². The summed E-state index contributed by atoms with van der Waals surface area (Å²) in [4.78, 5) is 5.45. The molecule has 5 heteroatoms. The van der Waals surface area contributed by atoms with Crippen LogP contribution in [0.2, 0.25) is 0 Å². The largest absolute Gasteiger partial charge is 0.330 e. The third-order valence-corrected chi connectivity index (χ3v) is 3.06. The van der Waals surface area contributed by atoms with E-state index >= 15 is 0 Å². The predicted molar refractivity (Wildman–Crippen MR) is 62.2 cm³/mol. The Kier molecular flexibility index (Phi) is 3.02. The maximum absolute atomic E-state index is 5.48. The van der Waals surface area contributed by atoms with Gasteiger partial charge in [-0.25, -0.2) is 9.50 Å². The van der Waals surface area contributed by atoms with Crippen molar-refractivity contribution >= 4 is 16.3 Å². The molecule has 0 aliphatic rings. The maximum atomic E-state index is 5.48. The first kappa shape index (κ1) is 10.6. The van der Waals surface area contributed by atoms with E-state index in [0.717, 1.165) is 28.5 Å². The van der Waals surface area contributed by atoms with E-state index < -0.39 is 0 Å². The lowest BCUT2D eigenvalue weighted by molar-refractivity contribution is 0.636. The molecule has 0 unspecified atom stereocenters. The van der Waals surface area contributed by atoms with Crippen molar-refractivity contribution in [2.75, 3.05) is 6.54 Å². The monoisotopic (exact) mass is 224 g/mol. The minimum atomic E-state index is 0.643. The molecular formula is C10H16N4S. The second-order valence-electron chi connectivity index (χ2n) is 4.09. The van der Waals surface area contributed by atoms with Gasteiger partial charge in [0.25, 0.3) is 0 Å². The summed E-state index contributed by atoms with van der Waals surface area (Å²) in [6.45, 7) is 5.04. The van der Waals surface area contributed by atoms with Crippen molar-refractivity contribution in [3.8, 4) is 0 Å². The Hall–Kier alpha value is -0.940. The molecule has 0 saturated carbocycles. The summed E-state index contributed by atoms with van der Waals surface area (Å²) in [5.41, 5.74) is 6.52. The van der Waals surface area contributed by atoms with Crippen molar-refractivity contribution in [2.24, 2.45) is 11.7 Å². The smallest absolute Gasteiger partial charge is 0.212 e. The van der Waals surface area contributed by atoms with E-state index in [1.54, 1.807) is 11.3 Å². The zero-order valence-corrected chi connectivity index (χ0v) is 9.92. The molecule has 2 aromatic heterocycles. The molecular weight excluding hydrogens is 208 g/mol. The van der Waals surface area contributed by atoms with Gasteiger partial charge in [-0.2, -0.15) is 5.10 Å². The van der Waals surface area contributed by atoms with E-state index in [4.69, 9.17) is 5.73 Å². The highest BCUT2D eigenvalue weighted by Crippen LogP contribution is 2.17. The summed E-state index contributed by atoms with van der Waals surface area (Å²) in [5, 5.41) is 5.65. The van der Waals surface area contributed by atoms with Crippen LogP contribution >= 0.6 is 11.3 Å². The number of nitrogens with zero attached hydrogens (tertiary/aromatic N) is 3. The van der Waals surface area contributed by atoms with Crippen LogP contribution in [0.1, 0.15) is 24.5 Å². The highest BCUT2D eigenvalue weighted by Gasteiger charge is 2.08. The molecule has 0 saturated heterocycles. The van der Waals surface area contributed by atoms with Gasteiger partial charge in [0.2, 0.25) is 4.96 Å². The standard InChI is InChI=1S/C10H16N4S/c1-7(2)5-9-13-14-6-8(3-4-11)12-10(14)15-9/h6-7H,3-5,11H2,1-2H3. The minimum Gasteiger partial charge on any atom is -0.330 e. The van der Waals surface area contributed by atoms with Gasteiger partial charge in [-0.15, -0.1) is 0 Å². The van der Waals surface area contributed by atoms with Crippen LogP contribution in [0.15, 0.2) is 6.20 Å². The van der Waals surface area contributed by atoms with Crippen LogP contribution in [0.4, 0.5) is 0 Å². The second-order valence-corrected chi connectivity index (χ2v) is 5.13. The highest BCUT2D eigenvalue weighted by molar-refractivity contribution is 7.16. The van der Waals surface area contributed by atoms with Crippen molar-refractivity contribution in [1.29, 1.82) is 0 Å². The number of hydrogen-bond donors (Lipinski definition) is 1. The fraction of sp³-hybridized carbons (Fsp3) is 0.600. The molecule has 15 heavy (non-hydrogen) atoms. The average Bonchev–Trinajstić information content (AvgIpc) is 2.60. The first-order chi connectivity index (χ1) is 7.19. The fourth-order valence-electron chi connectivity index (χ4n) is 1.49. The summed E-state index contributed by atoms with van der Waals surface area (Å²) in [7, 11) is 0. The molecule has 0 radical (unpaired) electrons. The zero-order chi connectivity index (χ0) is 10.8. The Balaban J connectivity index is 2.22. The molecule has 0 atom stereocenters. The number of rotatable bonds is 4. The molecule has 2 N–H and O–H groups in total. The lowest BCUT2D eigenvalue weighted by Gasteiger charge is -1.97. The molecule has 2 aromatic rings. The zero-order valence-electron chi connectivity index (χ0n) is 9.10. The topological polar surface area (TPSA) is 56.2 Å². The molecule has 0 bridgehead atoms. The molecule has 2 heterocycles. The number of hydrogen-bond acceptors (Lipinski definition) is 4. The van der Waals surface area contributed by atoms with Crippen molar-refractivity contribution in [3.63, 3.8) is 0 Å². The van der Waals surface area contributed by atoms with E-state index in [0.29, 0.717) is 12.5 Å². The summed E-state index contributed by atoms with van der Waals surface area (Å²) in [6.07, 6.45) is 3.83. The minimum absolute atomic E-state index is 0.643. The molecule has 0 spiro atoms. The van der Waals surface area contributed by atoms with Crippen LogP contribution in [0.3, 0.4) is 0 Å². The molecule has 0 aromatic carbocycles. The first-order valence-corrected chi connectivity index (χ1v) is 6.04. The van der Waals surface area contributed by atoms with Crippen LogP contribution in [0.25, 0.3) is 4.96 Å². The van der Waals surface area contributed by atoms with Crippen LogP contribution < -0.4 is 5.73 Å². The van der Waals surface area contributed by atoms with Crippen molar-refractivity contribution in [3.05, 3.63) is 16.9 Å². The van der Waals surface area contributed by atoms with E-state index in [9.17, 15) is 0 Å². The molecule has 4 nitrogen and oxygen atoms in total. The summed E-state index contributed by atoms with van der Waals surface area (Å²) in [6, 6.07) is 0. The van der Waals surface area contributed by atoms with Gasteiger partial charge in [-0.05, 0) is 12.5 Å². The van der Waals surface area contributed by atoms with E-state index in [1.807, 2.05) is 10.7 Å². The average molecular weight is 224 g/mol. The highest BCUT2D eigenvalue weighted by atomic mass is 32.1. The summed E-state index contributed by atoms with van der Waals surface area (Å²) < 4.78 is 1.87. The normalized spacial score (nSPS) is 11.7. The Labute approximate surface area is 93.1 Å². The van der Waals surface area contributed by atoms with Crippen LogP contribution in [0.5, 0.6) is 0 Å². The van der Waals surface area contributed by atoms with Gasteiger partial charge in [0.15, 0.2) is 0 Å². The quantitative estimate of drug-likeness (QED) is 0.856. The van der Waals surface area contributed by atoms with E-state index in [1.165, 1.54) is 0 Å². The van der Waals surface area contributed by atoms with Crippen molar-refractivity contribution in [1.82, 2.24) is 14.6 Å². The molecule has 0 amide bonds. The van der Waals surface area contributed by atoms with Gasteiger partial charge in [-0.1, -0.05) is 25.2 Å². The first-order valence-electron chi connectivity index (χ1n) is 5.23. The summed E-state index contributed by atoms with van der Waals surface area (Å²) in [5.74, 6) is 0.643. The second kappa shape index (κ2) is 4.28. The van der Waals surface area contributed by atoms with Crippen molar-refractivity contribution in [2.45, 2.75) is 26.7 Å². The number of aromatic nitrogens is 3. The number of fused-ring (bicyclic) bond motifs is 1. The third kappa shape index (κ3) is 2.35. The van der Waals surface area contributed by atoms with Gasteiger partial charge < -0.3 is 5.73 Å². The number of nitrogens with two attached hydrogens (primary N) is 1. The van der Waals surface area contributed by atoms with E-state index in [2.05, 4.69) is 23.9 Å². The fourth-order valence-corrected chi connectivity index (χ4v) is 2.59. The van der Waals surface area contributed by atoms with Gasteiger partial charge >= 0.3 is 0 Å². The van der Waals surface area contributed by atoms with Gasteiger partial charge in [0, 0.05) is 12.8 Å². The molecule has 0 aliphatic carbocycles. The van der Waals surface area contributed by atoms with Crippen LogP contribution in [0, 0.1) is 5.92 Å². The third-order valence-electron chi connectivity index (χ3n) is 2.12. The Morgan fingerprint density at radius 2 is 2.33 bits per heavy atom. The molecule has 0 aliphatic heterocycles. The molecule has 0 fully saturated rings. The van der Waals surface area contributed by atoms with Crippen LogP contribution in [-0.4, -0.2) is 21.1 Å². The van der Waals surface area contributed by atoms with Crippen molar-refractivity contribution < 1.29 is 0 Å². The molecule has 82 valence electrons. The Bertz CT molecular complexity index is 412. The van der Waals surface area contributed by atoms with Gasteiger partial charge in [0.1, 0.15) is 5.01 Å². The molecule has 2 rings (SSSR count). The predicted octanol–water partition coefficient (Wildman–Crippen LogP) is 1.49. The lowest BCUT2D eigenvalue weighted by Crippen LogP contribution is -2.02. The van der Waals surface area contributed by atoms with Gasteiger partial charge in [-0.3, -0.25) is 0 Å². The number of imidazole rings is 1. The Morgan fingerprint density at radius 3 is 2.93 bits per heavy atom. The lowest BCUT2D eigenvalue weighted by atomic mass is 10.1. The summed E-state index contributed by atoms with van der Waals surface area (Å²) >= 11 is 1.67. The maximum Gasteiger partial charge on any atom is 0.212 e. The van der Waals surface area contributed by atoms with Crippen LogP contribution in [-0.2, 0) is 12.8 Å².